The van der Waals surface area contributed by atoms with E-state index in [1.807, 2.05) is 36.4 Å². The first-order chi connectivity index (χ1) is 8.40. The second-order valence-electron chi connectivity index (χ2n) is 4.19. The average molecular weight is 224 g/mol. The summed E-state index contributed by atoms with van der Waals surface area (Å²) in [6.45, 7) is 0.632. The summed E-state index contributed by atoms with van der Waals surface area (Å²) in [5.74, 6) is 0.241. The van der Waals surface area contributed by atoms with Gasteiger partial charge in [-0.05, 0) is 17.2 Å². The van der Waals surface area contributed by atoms with Crippen molar-refractivity contribution in [2.75, 3.05) is 11.6 Å². The van der Waals surface area contributed by atoms with Crippen LogP contribution < -0.4 is 5.01 Å². The van der Waals surface area contributed by atoms with Gasteiger partial charge in [0, 0.05) is 5.92 Å². The van der Waals surface area contributed by atoms with Crippen molar-refractivity contribution in [2.45, 2.75) is 5.92 Å². The first-order valence-electron chi connectivity index (χ1n) is 5.65. The number of nitrogens with zero attached hydrogens (tertiary/aromatic N) is 2. The molecule has 0 saturated carbocycles. The Kier molecular flexibility index (Phi) is 2.37. The molecule has 1 heterocycles. The van der Waals surface area contributed by atoms with Crippen molar-refractivity contribution in [3.63, 3.8) is 0 Å². The van der Waals surface area contributed by atoms with Crippen LogP contribution in [0.3, 0.4) is 0 Å². The van der Waals surface area contributed by atoms with Gasteiger partial charge in [-0.2, -0.15) is 0 Å². The minimum atomic E-state index is 0.241. The summed E-state index contributed by atoms with van der Waals surface area (Å²) in [7, 11) is 0. The summed E-state index contributed by atoms with van der Waals surface area (Å²) in [5.41, 5.74) is 3.33. The normalized spacial score (nSPS) is 17.9. The van der Waals surface area contributed by atoms with Gasteiger partial charge < -0.3 is 0 Å². The molecule has 3 nitrogen and oxygen atoms in total. The van der Waals surface area contributed by atoms with Crippen LogP contribution in [0.1, 0.15) is 17.0 Å². The number of anilines is 1. The first-order valence-corrected chi connectivity index (χ1v) is 5.65. The van der Waals surface area contributed by atoms with Crippen LogP contribution >= 0.6 is 0 Å². The molecule has 0 amide bonds. The Balaban J connectivity index is 2.08. The van der Waals surface area contributed by atoms with Gasteiger partial charge in [0.1, 0.15) is 0 Å². The highest BCUT2D eigenvalue weighted by molar-refractivity contribution is 5.62. The number of hydrogen-bond acceptors (Lipinski definition) is 2. The maximum absolute atomic E-state index is 10.8. The van der Waals surface area contributed by atoms with Crippen LogP contribution in [-0.4, -0.2) is 6.54 Å². The molecule has 0 radical (unpaired) electrons. The Labute approximate surface area is 99.6 Å². The third kappa shape index (κ3) is 1.60. The van der Waals surface area contributed by atoms with E-state index in [1.54, 1.807) is 0 Å². The minimum absolute atomic E-state index is 0.241. The van der Waals surface area contributed by atoms with Gasteiger partial charge in [0.25, 0.3) is 0 Å². The van der Waals surface area contributed by atoms with E-state index in [9.17, 15) is 4.91 Å². The molecule has 2 aromatic rings. The van der Waals surface area contributed by atoms with E-state index in [0.29, 0.717) is 6.54 Å². The van der Waals surface area contributed by atoms with Crippen molar-refractivity contribution >= 4 is 5.69 Å². The maximum atomic E-state index is 10.8. The van der Waals surface area contributed by atoms with E-state index in [2.05, 4.69) is 23.5 Å². The van der Waals surface area contributed by atoms with Crippen molar-refractivity contribution in [3.8, 4) is 0 Å². The van der Waals surface area contributed by atoms with E-state index in [-0.39, 0.29) is 5.92 Å². The standard InChI is InChI=1S/C14H12N2O/c17-15-16-10-13(11-6-2-1-3-7-11)12-8-4-5-9-14(12)16/h1-9,13H,10H2. The largest absolute Gasteiger partial charge is 0.228 e. The monoisotopic (exact) mass is 224 g/mol. The molecule has 0 bridgehead atoms. The number of hydrogen-bond donors (Lipinski definition) is 0. The lowest BCUT2D eigenvalue weighted by atomic mass is 9.93. The summed E-state index contributed by atoms with van der Waals surface area (Å²) in [6.07, 6.45) is 0. The zero-order valence-electron chi connectivity index (χ0n) is 9.28. The smallest absolute Gasteiger partial charge is 0.0665 e. The predicted molar refractivity (Wildman–Crippen MR) is 67.9 cm³/mol. The summed E-state index contributed by atoms with van der Waals surface area (Å²) >= 11 is 0. The van der Waals surface area contributed by atoms with E-state index in [1.165, 1.54) is 16.1 Å². The van der Waals surface area contributed by atoms with Crippen molar-refractivity contribution in [3.05, 3.63) is 70.6 Å². The molecule has 0 saturated heterocycles. The van der Waals surface area contributed by atoms with Crippen LogP contribution in [0, 0.1) is 4.91 Å². The highest BCUT2D eigenvalue weighted by Gasteiger charge is 2.29. The Morgan fingerprint density at radius 2 is 1.71 bits per heavy atom. The summed E-state index contributed by atoms with van der Waals surface area (Å²) in [4.78, 5) is 10.8. The van der Waals surface area contributed by atoms with Crippen LogP contribution in [0.15, 0.2) is 59.9 Å². The van der Waals surface area contributed by atoms with Gasteiger partial charge in [-0.1, -0.05) is 48.5 Å². The first kappa shape index (κ1) is 10.0. The molecule has 3 rings (SSSR count). The Morgan fingerprint density at radius 3 is 2.47 bits per heavy atom. The molecule has 0 fully saturated rings. The van der Waals surface area contributed by atoms with Gasteiger partial charge in [-0.25, -0.2) is 5.01 Å². The molecule has 0 aromatic heterocycles. The van der Waals surface area contributed by atoms with Crippen molar-refractivity contribution in [2.24, 2.45) is 5.29 Å². The Bertz CT molecular complexity index is 539. The average Bonchev–Trinajstić information content (AvgIpc) is 2.78. The van der Waals surface area contributed by atoms with Crippen LogP contribution in [0.2, 0.25) is 0 Å². The zero-order chi connectivity index (χ0) is 11.7. The van der Waals surface area contributed by atoms with E-state index in [0.717, 1.165) is 5.69 Å². The summed E-state index contributed by atoms with van der Waals surface area (Å²) in [6, 6.07) is 18.2. The van der Waals surface area contributed by atoms with Gasteiger partial charge >= 0.3 is 0 Å². The molecule has 2 aromatic carbocycles. The SMILES string of the molecule is O=NN1CC(c2ccccc2)c2ccccc21. The predicted octanol–water partition coefficient (Wildman–Crippen LogP) is 3.32. The number of nitroso groups, excluding NO2 is 1. The lowest BCUT2D eigenvalue weighted by Gasteiger charge is -2.10. The summed E-state index contributed by atoms with van der Waals surface area (Å²) in [5, 5.41) is 4.62. The van der Waals surface area contributed by atoms with Gasteiger partial charge in [0.2, 0.25) is 0 Å². The lowest BCUT2D eigenvalue weighted by Crippen LogP contribution is -2.14. The van der Waals surface area contributed by atoms with Crippen LogP contribution in [0.25, 0.3) is 0 Å². The van der Waals surface area contributed by atoms with E-state index >= 15 is 0 Å². The molecular formula is C14H12N2O. The molecule has 0 N–H and O–H groups in total. The Hall–Kier alpha value is -2.16. The van der Waals surface area contributed by atoms with Crippen molar-refractivity contribution in [1.29, 1.82) is 0 Å². The second kappa shape index (κ2) is 4.01. The fourth-order valence-corrected chi connectivity index (χ4v) is 2.43. The highest BCUT2D eigenvalue weighted by atomic mass is 16.3. The highest BCUT2D eigenvalue weighted by Crippen LogP contribution is 2.39. The number of para-hydroxylation sites is 1. The van der Waals surface area contributed by atoms with Crippen LogP contribution in [-0.2, 0) is 0 Å². The second-order valence-corrected chi connectivity index (χ2v) is 4.19. The molecule has 1 aliphatic heterocycles. The fraction of sp³-hybridized carbons (Fsp3) is 0.143. The molecule has 3 heteroatoms. The third-order valence-electron chi connectivity index (χ3n) is 3.25. The molecule has 0 aliphatic carbocycles. The minimum Gasteiger partial charge on any atom is -0.228 e. The number of rotatable bonds is 2. The van der Waals surface area contributed by atoms with Gasteiger partial charge in [0.15, 0.2) is 0 Å². The zero-order valence-corrected chi connectivity index (χ0v) is 9.28. The third-order valence-corrected chi connectivity index (χ3v) is 3.25. The van der Waals surface area contributed by atoms with Crippen molar-refractivity contribution < 1.29 is 0 Å². The van der Waals surface area contributed by atoms with Gasteiger partial charge in [-0.15, -0.1) is 4.91 Å². The summed E-state index contributed by atoms with van der Waals surface area (Å²) < 4.78 is 0. The fourth-order valence-electron chi connectivity index (χ4n) is 2.43. The molecular weight excluding hydrogens is 212 g/mol. The lowest BCUT2D eigenvalue weighted by molar-refractivity contribution is 0.801. The number of benzene rings is 2. The molecule has 17 heavy (non-hydrogen) atoms. The van der Waals surface area contributed by atoms with E-state index in [4.69, 9.17) is 0 Å². The molecule has 1 atom stereocenters. The molecule has 1 unspecified atom stereocenters. The topological polar surface area (TPSA) is 32.7 Å². The molecule has 84 valence electrons. The number of fused-ring (bicyclic) bond motifs is 1. The van der Waals surface area contributed by atoms with Gasteiger partial charge in [-0.3, -0.25) is 0 Å². The van der Waals surface area contributed by atoms with Crippen LogP contribution in [0.4, 0.5) is 5.69 Å². The van der Waals surface area contributed by atoms with E-state index < -0.39 is 0 Å². The molecule has 0 spiro atoms. The quantitative estimate of drug-likeness (QED) is 0.733. The molecule has 1 aliphatic rings. The maximum Gasteiger partial charge on any atom is 0.0665 e. The van der Waals surface area contributed by atoms with Crippen LogP contribution in [0.5, 0.6) is 0 Å². The van der Waals surface area contributed by atoms with Gasteiger partial charge in [0.05, 0.1) is 17.5 Å². The van der Waals surface area contributed by atoms with Crippen molar-refractivity contribution in [1.82, 2.24) is 0 Å². The Morgan fingerprint density at radius 1 is 1.00 bits per heavy atom.